The van der Waals surface area contributed by atoms with Crippen LogP contribution in [0.25, 0.3) is 0 Å². The van der Waals surface area contributed by atoms with Crippen LogP contribution < -0.4 is 5.32 Å². The van der Waals surface area contributed by atoms with E-state index in [1.807, 2.05) is 0 Å². The molecule has 0 unspecified atom stereocenters. The molecule has 2 aliphatic rings. The average molecular weight is 399 g/mol. The molecule has 2 fully saturated rings. The van der Waals surface area contributed by atoms with Crippen molar-refractivity contribution in [3.05, 3.63) is 28.8 Å². The van der Waals surface area contributed by atoms with Crippen LogP contribution in [0.2, 0.25) is 5.02 Å². The maximum absolute atomic E-state index is 13.1. The Labute approximate surface area is 161 Å². The van der Waals surface area contributed by atoms with Crippen LogP contribution in [0, 0.1) is 12.8 Å². The topological polar surface area (TPSA) is 66.5 Å². The van der Waals surface area contributed by atoms with Crippen molar-refractivity contribution < 1.29 is 13.2 Å². The zero-order valence-corrected chi connectivity index (χ0v) is 16.8. The molecule has 1 N–H and O–H groups in total. The molecule has 0 radical (unpaired) electrons. The standard InChI is InChI=1S/C19H27ClN2O3S/c1-14-17(20)10-5-11-18(14)26(24,25)22-12-6-7-15(13-22)19(23)21-16-8-3-2-4-9-16/h5,10-11,15-16H,2-4,6-9,12-13H2,1H3,(H,21,23)/t15-/m1/s1. The molecule has 5 nitrogen and oxygen atoms in total. The van der Waals surface area contributed by atoms with Gasteiger partial charge in [-0.15, -0.1) is 0 Å². The average Bonchev–Trinajstić information content (AvgIpc) is 2.64. The zero-order chi connectivity index (χ0) is 18.7. The number of sulfonamides is 1. The molecule has 7 heteroatoms. The molecule has 1 atom stereocenters. The Bertz CT molecular complexity index is 760. The van der Waals surface area contributed by atoms with Gasteiger partial charge in [-0.2, -0.15) is 4.31 Å². The number of hydrogen-bond donors (Lipinski definition) is 1. The van der Waals surface area contributed by atoms with E-state index >= 15 is 0 Å². The quantitative estimate of drug-likeness (QED) is 0.844. The number of hydrogen-bond acceptors (Lipinski definition) is 3. The van der Waals surface area contributed by atoms with Gasteiger partial charge < -0.3 is 5.32 Å². The van der Waals surface area contributed by atoms with E-state index in [1.165, 1.54) is 10.7 Å². The molecule has 1 saturated heterocycles. The summed E-state index contributed by atoms with van der Waals surface area (Å²) in [6.07, 6.45) is 7.04. The van der Waals surface area contributed by atoms with Crippen LogP contribution >= 0.6 is 11.6 Å². The van der Waals surface area contributed by atoms with Crippen molar-refractivity contribution in [2.24, 2.45) is 5.92 Å². The monoisotopic (exact) mass is 398 g/mol. The minimum atomic E-state index is -3.65. The highest BCUT2D eigenvalue weighted by Gasteiger charge is 2.34. The summed E-state index contributed by atoms with van der Waals surface area (Å²) in [7, 11) is -3.65. The number of carbonyl (C=O) groups excluding carboxylic acids is 1. The van der Waals surface area contributed by atoms with E-state index in [-0.39, 0.29) is 29.3 Å². The molecule has 1 amide bonds. The van der Waals surface area contributed by atoms with E-state index in [0.29, 0.717) is 23.6 Å². The van der Waals surface area contributed by atoms with Gasteiger partial charge in [0, 0.05) is 24.2 Å². The summed E-state index contributed by atoms with van der Waals surface area (Å²) in [6, 6.07) is 5.17. The van der Waals surface area contributed by atoms with Crippen molar-refractivity contribution >= 4 is 27.5 Å². The van der Waals surface area contributed by atoms with E-state index in [9.17, 15) is 13.2 Å². The summed E-state index contributed by atoms with van der Waals surface area (Å²) in [5.74, 6) is -0.278. The lowest BCUT2D eigenvalue weighted by molar-refractivity contribution is -0.127. The van der Waals surface area contributed by atoms with E-state index in [4.69, 9.17) is 11.6 Å². The van der Waals surface area contributed by atoms with Crippen molar-refractivity contribution in [3.63, 3.8) is 0 Å². The first-order valence-corrected chi connectivity index (χ1v) is 11.3. The first-order chi connectivity index (χ1) is 12.4. The normalized spacial score (nSPS) is 22.9. The van der Waals surface area contributed by atoms with Gasteiger partial charge in [0.05, 0.1) is 10.8 Å². The molecule has 1 heterocycles. The molecule has 1 aromatic rings. The van der Waals surface area contributed by atoms with E-state index < -0.39 is 10.0 Å². The maximum Gasteiger partial charge on any atom is 0.243 e. The second kappa shape index (κ2) is 8.28. The lowest BCUT2D eigenvalue weighted by Gasteiger charge is -2.33. The summed E-state index contributed by atoms with van der Waals surface area (Å²) >= 11 is 6.10. The lowest BCUT2D eigenvalue weighted by Crippen LogP contribution is -2.47. The Morgan fingerprint density at radius 3 is 2.62 bits per heavy atom. The zero-order valence-electron chi connectivity index (χ0n) is 15.2. The number of halogens is 1. The van der Waals surface area contributed by atoms with Crippen molar-refractivity contribution in [1.29, 1.82) is 0 Å². The van der Waals surface area contributed by atoms with Crippen LogP contribution in [-0.2, 0) is 14.8 Å². The van der Waals surface area contributed by atoms with Crippen LogP contribution in [0.1, 0.15) is 50.5 Å². The van der Waals surface area contributed by atoms with Crippen molar-refractivity contribution in [2.45, 2.75) is 62.8 Å². The first-order valence-electron chi connectivity index (χ1n) is 9.45. The molecule has 1 aromatic carbocycles. The molecule has 1 aliphatic carbocycles. The predicted molar refractivity (Wildman–Crippen MR) is 103 cm³/mol. The maximum atomic E-state index is 13.1. The summed E-state index contributed by atoms with van der Waals surface area (Å²) in [5.41, 5.74) is 0.558. The summed E-state index contributed by atoms with van der Waals surface area (Å²) in [5, 5.41) is 3.58. The SMILES string of the molecule is Cc1c(Cl)cccc1S(=O)(=O)N1CCC[C@@H](C(=O)NC2CCCCC2)C1. The molecule has 3 rings (SSSR count). The van der Waals surface area contributed by atoms with Crippen LogP contribution in [0.5, 0.6) is 0 Å². The fourth-order valence-corrected chi connectivity index (χ4v) is 5.95. The highest BCUT2D eigenvalue weighted by Crippen LogP contribution is 2.29. The molecule has 1 aliphatic heterocycles. The van der Waals surface area contributed by atoms with Gasteiger partial charge in [-0.3, -0.25) is 4.79 Å². The Morgan fingerprint density at radius 1 is 1.15 bits per heavy atom. The Morgan fingerprint density at radius 2 is 1.88 bits per heavy atom. The first kappa shape index (κ1) is 19.6. The molecule has 0 bridgehead atoms. The van der Waals surface area contributed by atoms with E-state index in [0.717, 1.165) is 32.1 Å². The van der Waals surface area contributed by atoms with Crippen molar-refractivity contribution in [1.82, 2.24) is 9.62 Å². The van der Waals surface area contributed by atoms with Crippen LogP contribution in [0.4, 0.5) is 0 Å². The van der Waals surface area contributed by atoms with E-state index in [2.05, 4.69) is 5.32 Å². The van der Waals surface area contributed by atoms with Gasteiger partial charge in [0.2, 0.25) is 15.9 Å². The van der Waals surface area contributed by atoms with Gasteiger partial charge in [0.25, 0.3) is 0 Å². The molecular weight excluding hydrogens is 372 g/mol. The molecule has 0 aromatic heterocycles. The van der Waals surface area contributed by atoms with Gasteiger partial charge in [-0.25, -0.2) is 8.42 Å². The third kappa shape index (κ3) is 4.24. The van der Waals surface area contributed by atoms with E-state index in [1.54, 1.807) is 25.1 Å². The van der Waals surface area contributed by atoms with Crippen molar-refractivity contribution in [2.75, 3.05) is 13.1 Å². The minimum Gasteiger partial charge on any atom is -0.353 e. The van der Waals surface area contributed by atoms with Crippen molar-refractivity contribution in [3.8, 4) is 0 Å². The smallest absolute Gasteiger partial charge is 0.243 e. The Hall–Kier alpha value is -1.11. The highest BCUT2D eigenvalue weighted by molar-refractivity contribution is 7.89. The summed E-state index contributed by atoms with van der Waals surface area (Å²) in [4.78, 5) is 12.9. The summed E-state index contributed by atoms with van der Waals surface area (Å²) < 4.78 is 27.6. The van der Waals surface area contributed by atoms with Gasteiger partial charge in [-0.05, 0) is 50.3 Å². The highest BCUT2D eigenvalue weighted by atomic mass is 35.5. The van der Waals surface area contributed by atoms with Crippen LogP contribution in [0.3, 0.4) is 0 Å². The number of carbonyl (C=O) groups is 1. The number of amides is 1. The minimum absolute atomic E-state index is 0.000356. The number of nitrogens with zero attached hydrogens (tertiary/aromatic N) is 1. The molecule has 26 heavy (non-hydrogen) atoms. The fraction of sp³-hybridized carbons (Fsp3) is 0.632. The molecular formula is C19H27ClN2O3S. The van der Waals surface area contributed by atoms with Gasteiger partial charge in [-0.1, -0.05) is 36.9 Å². The number of nitrogens with one attached hydrogen (secondary N) is 1. The second-order valence-electron chi connectivity index (χ2n) is 7.41. The molecule has 0 spiro atoms. The van der Waals surface area contributed by atoms with Crippen LogP contribution in [0.15, 0.2) is 23.1 Å². The van der Waals surface area contributed by atoms with Gasteiger partial charge >= 0.3 is 0 Å². The van der Waals surface area contributed by atoms with Gasteiger partial charge in [0.1, 0.15) is 0 Å². The molecule has 1 saturated carbocycles. The summed E-state index contributed by atoms with van der Waals surface area (Å²) in [6.45, 7) is 2.40. The predicted octanol–water partition coefficient (Wildman–Crippen LogP) is 3.50. The Kier molecular flexibility index (Phi) is 6.25. The Balaban J connectivity index is 1.71. The largest absolute Gasteiger partial charge is 0.353 e. The second-order valence-corrected chi connectivity index (χ2v) is 9.72. The van der Waals surface area contributed by atoms with Gasteiger partial charge in [0.15, 0.2) is 0 Å². The third-order valence-corrected chi connectivity index (χ3v) is 7.96. The number of piperidine rings is 1. The number of rotatable bonds is 4. The third-order valence-electron chi connectivity index (χ3n) is 5.54. The van der Waals surface area contributed by atoms with Crippen LogP contribution in [-0.4, -0.2) is 37.8 Å². The molecule has 144 valence electrons. The number of benzene rings is 1. The lowest BCUT2D eigenvalue weighted by atomic mass is 9.93. The fourth-order valence-electron chi connectivity index (χ4n) is 3.95.